The number of benzene rings is 2. The molecule has 0 saturated carbocycles. The first kappa shape index (κ1) is 25.1. The highest BCUT2D eigenvalue weighted by molar-refractivity contribution is 6.14. The number of halogens is 3. The van der Waals surface area contributed by atoms with Gasteiger partial charge in [-0.3, -0.25) is 4.90 Å². The quantitative estimate of drug-likeness (QED) is 0.282. The smallest absolute Gasteiger partial charge is 0.416 e. The van der Waals surface area contributed by atoms with Crippen LogP contribution in [-0.4, -0.2) is 57.2 Å². The standard InChI is InChI=1S/C24H26F3N3O4/c1-33-22(31)21(23(32)34-2)15-28-19-7-3-17(4-8-19)16-29-11-13-30(14-12-29)20-9-5-18(6-10-20)24(25,26)27/h3-10,15,28H,11-14,16H2,1-2H3. The second kappa shape index (κ2) is 11.1. The number of rotatable bonds is 7. The van der Waals surface area contributed by atoms with Gasteiger partial charge in [-0.1, -0.05) is 12.1 Å². The molecule has 7 nitrogen and oxygen atoms in total. The predicted octanol–water partition coefficient (Wildman–Crippen LogP) is 3.67. The van der Waals surface area contributed by atoms with Gasteiger partial charge in [0.15, 0.2) is 5.57 Å². The number of esters is 2. The van der Waals surface area contributed by atoms with Crippen molar-refractivity contribution < 1.29 is 32.2 Å². The predicted molar refractivity (Wildman–Crippen MR) is 121 cm³/mol. The van der Waals surface area contributed by atoms with Gasteiger partial charge in [0.25, 0.3) is 0 Å². The van der Waals surface area contributed by atoms with E-state index < -0.39 is 23.7 Å². The lowest BCUT2D eigenvalue weighted by Gasteiger charge is -2.36. The molecule has 1 heterocycles. The lowest BCUT2D eigenvalue weighted by Crippen LogP contribution is -2.45. The largest absolute Gasteiger partial charge is 0.465 e. The van der Waals surface area contributed by atoms with Crippen LogP contribution in [0.2, 0.25) is 0 Å². The molecule has 182 valence electrons. The van der Waals surface area contributed by atoms with Gasteiger partial charge < -0.3 is 19.7 Å². The second-order valence-corrected chi connectivity index (χ2v) is 7.69. The Morgan fingerprint density at radius 2 is 1.47 bits per heavy atom. The third kappa shape index (κ3) is 6.50. The molecule has 1 aliphatic heterocycles. The van der Waals surface area contributed by atoms with E-state index in [0.717, 1.165) is 56.1 Å². The van der Waals surface area contributed by atoms with Gasteiger partial charge in [0, 0.05) is 50.3 Å². The summed E-state index contributed by atoms with van der Waals surface area (Å²) in [5.41, 5.74) is 1.66. The van der Waals surface area contributed by atoms with E-state index >= 15 is 0 Å². The average Bonchev–Trinajstić information content (AvgIpc) is 2.84. The van der Waals surface area contributed by atoms with Crippen LogP contribution in [0.1, 0.15) is 11.1 Å². The van der Waals surface area contributed by atoms with E-state index in [1.54, 1.807) is 0 Å². The van der Waals surface area contributed by atoms with Gasteiger partial charge in [0.2, 0.25) is 0 Å². The van der Waals surface area contributed by atoms with Crippen molar-refractivity contribution in [2.24, 2.45) is 0 Å². The van der Waals surface area contributed by atoms with Crippen LogP contribution < -0.4 is 10.2 Å². The maximum absolute atomic E-state index is 12.8. The van der Waals surface area contributed by atoms with Crippen molar-refractivity contribution in [3.8, 4) is 0 Å². The van der Waals surface area contributed by atoms with Gasteiger partial charge in [0.05, 0.1) is 19.8 Å². The third-order valence-electron chi connectivity index (χ3n) is 5.49. The number of anilines is 2. The molecule has 1 N–H and O–H groups in total. The summed E-state index contributed by atoms with van der Waals surface area (Å²) in [6, 6.07) is 12.8. The Labute approximate surface area is 195 Å². The number of hydrogen-bond acceptors (Lipinski definition) is 7. The number of methoxy groups -OCH3 is 2. The lowest BCUT2D eigenvalue weighted by atomic mass is 10.1. The van der Waals surface area contributed by atoms with Gasteiger partial charge in [-0.05, 0) is 42.0 Å². The molecule has 0 unspecified atom stereocenters. The van der Waals surface area contributed by atoms with Crippen LogP contribution in [0, 0.1) is 0 Å². The average molecular weight is 477 g/mol. The Balaban J connectivity index is 1.52. The van der Waals surface area contributed by atoms with Crippen molar-refractivity contribution in [1.82, 2.24) is 4.90 Å². The zero-order valence-corrected chi connectivity index (χ0v) is 18.9. The molecule has 0 spiro atoms. The highest BCUT2D eigenvalue weighted by Gasteiger charge is 2.30. The number of nitrogens with one attached hydrogen (secondary N) is 1. The molecule has 0 amide bonds. The van der Waals surface area contributed by atoms with Gasteiger partial charge in [-0.25, -0.2) is 9.59 Å². The first-order chi connectivity index (χ1) is 16.2. The van der Waals surface area contributed by atoms with E-state index in [-0.39, 0.29) is 5.57 Å². The first-order valence-corrected chi connectivity index (χ1v) is 10.6. The number of alkyl halides is 3. The summed E-state index contributed by atoms with van der Waals surface area (Å²) in [7, 11) is 2.36. The lowest BCUT2D eigenvalue weighted by molar-refractivity contribution is -0.144. The fraction of sp³-hybridized carbons (Fsp3) is 0.333. The summed E-state index contributed by atoms with van der Waals surface area (Å²) in [6.07, 6.45) is -3.09. The van der Waals surface area contributed by atoms with Gasteiger partial charge in [-0.15, -0.1) is 0 Å². The zero-order valence-electron chi connectivity index (χ0n) is 18.9. The minimum absolute atomic E-state index is 0.250. The molecule has 1 aliphatic rings. The van der Waals surface area contributed by atoms with Crippen LogP contribution in [0.15, 0.2) is 60.3 Å². The number of nitrogens with zero attached hydrogens (tertiary/aromatic N) is 2. The fourth-order valence-corrected chi connectivity index (χ4v) is 3.57. The zero-order chi connectivity index (χ0) is 24.7. The molecule has 0 bridgehead atoms. The van der Waals surface area contributed by atoms with Crippen LogP contribution in [0.4, 0.5) is 24.5 Å². The molecule has 3 rings (SSSR count). The van der Waals surface area contributed by atoms with E-state index in [4.69, 9.17) is 0 Å². The molecule has 1 fully saturated rings. The van der Waals surface area contributed by atoms with Crippen LogP contribution in [0.25, 0.3) is 0 Å². The molecule has 1 saturated heterocycles. The maximum atomic E-state index is 12.8. The molecule has 0 atom stereocenters. The summed E-state index contributed by atoms with van der Waals surface area (Å²) in [6.45, 7) is 3.74. The van der Waals surface area contributed by atoms with Crippen molar-refractivity contribution in [3.63, 3.8) is 0 Å². The summed E-state index contributed by atoms with van der Waals surface area (Å²) < 4.78 is 47.4. The fourth-order valence-electron chi connectivity index (χ4n) is 3.57. The number of ether oxygens (including phenoxy) is 2. The Hall–Kier alpha value is -3.53. The molecule has 0 aromatic heterocycles. The molecule has 34 heavy (non-hydrogen) atoms. The van der Waals surface area contributed by atoms with Gasteiger partial charge >= 0.3 is 18.1 Å². The highest BCUT2D eigenvalue weighted by Crippen LogP contribution is 2.30. The highest BCUT2D eigenvalue weighted by atomic mass is 19.4. The van der Waals surface area contributed by atoms with Crippen molar-refractivity contribution in [2.75, 3.05) is 50.6 Å². The van der Waals surface area contributed by atoms with Crippen LogP contribution in [0.5, 0.6) is 0 Å². The van der Waals surface area contributed by atoms with E-state index in [2.05, 4.69) is 24.6 Å². The summed E-state index contributed by atoms with van der Waals surface area (Å²) in [5.74, 6) is -1.60. The normalized spacial score (nSPS) is 14.3. The molecule has 0 radical (unpaired) electrons. The Morgan fingerprint density at radius 3 is 1.97 bits per heavy atom. The second-order valence-electron chi connectivity index (χ2n) is 7.69. The Bertz CT molecular complexity index is 995. The molecule has 10 heteroatoms. The first-order valence-electron chi connectivity index (χ1n) is 10.6. The monoisotopic (exact) mass is 477 g/mol. The van der Waals surface area contributed by atoms with Gasteiger partial charge in [-0.2, -0.15) is 13.2 Å². The van der Waals surface area contributed by atoms with Crippen LogP contribution in [0.3, 0.4) is 0 Å². The van der Waals surface area contributed by atoms with Crippen molar-refractivity contribution in [2.45, 2.75) is 12.7 Å². The van der Waals surface area contributed by atoms with E-state index in [9.17, 15) is 22.8 Å². The minimum Gasteiger partial charge on any atom is -0.465 e. The molecular formula is C24H26F3N3O4. The van der Waals surface area contributed by atoms with Crippen LogP contribution in [-0.2, 0) is 31.8 Å². The molecular weight excluding hydrogens is 451 g/mol. The number of carbonyl (C=O) groups excluding carboxylic acids is 2. The summed E-state index contributed by atoms with van der Waals surface area (Å²) >= 11 is 0. The van der Waals surface area contributed by atoms with E-state index in [1.807, 2.05) is 24.3 Å². The number of hydrogen-bond donors (Lipinski definition) is 1. The van der Waals surface area contributed by atoms with Crippen molar-refractivity contribution in [1.29, 1.82) is 0 Å². The summed E-state index contributed by atoms with van der Waals surface area (Å²) in [5, 5.41) is 2.89. The van der Waals surface area contributed by atoms with Gasteiger partial charge in [0.1, 0.15) is 0 Å². The Morgan fingerprint density at radius 1 is 0.912 bits per heavy atom. The summed E-state index contributed by atoms with van der Waals surface area (Å²) in [4.78, 5) is 27.7. The molecule has 2 aromatic rings. The third-order valence-corrected chi connectivity index (χ3v) is 5.49. The molecule has 0 aliphatic carbocycles. The van der Waals surface area contributed by atoms with Crippen molar-refractivity contribution >= 4 is 23.3 Å². The maximum Gasteiger partial charge on any atom is 0.416 e. The Kier molecular flexibility index (Phi) is 8.17. The SMILES string of the molecule is COC(=O)C(=CNc1ccc(CN2CCN(c3ccc(C(F)(F)F)cc3)CC2)cc1)C(=O)OC. The minimum atomic E-state index is -4.33. The number of piperazine rings is 1. The van der Waals surface area contributed by atoms with Crippen molar-refractivity contribution in [3.05, 3.63) is 71.4 Å². The topological polar surface area (TPSA) is 71.1 Å². The van der Waals surface area contributed by atoms with E-state index in [0.29, 0.717) is 5.69 Å². The van der Waals surface area contributed by atoms with Crippen LogP contribution >= 0.6 is 0 Å². The number of carbonyl (C=O) groups is 2. The molecule has 2 aromatic carbocycles. The van der Waals surface area contributed by atoms with E-state index in [1.165, 1.54) is 32.6 Å².